The van der Waals surface area contributed by atoms with E-state index in [1.165, 1.54) is 11.3 Å². The summed E-state index contributed by atoms with van der Waals surface area (Å²) in [5.74, 6) is -0.187. The summed E-state index contributed by atoms with van der Waals surface area (Å²) in [4.78, 5) is 24.2. The van der Waals surface area contributed by atoms with Gasteiger partial charge in [-0.25, -0.2) is 4.79 Å². The maximum absolute atomic E-state index is 11.8. The van der Waals surface area contributed by atoms with Crippen LogP contribution in [0.1, 0.15) is 17.8 Å². The van der Waals surface area contributed by atoms with Crippen LogP contribution in [0.15, 0.2) is 28.8 Å². The highest BCUT2D eigenvalue weighted by Gasteiger charge is 2.30. The molecule has 0 unspecified atom stereocenters. The lowest BCUT2D eigenvalue weighted by atomic mass is 10.0. The SMILES string of the molecule is CNC(=O)C1=C(C)NC(=O)N[C@H]1c1cccs1. The highest BCUT2D eigenvalue weighted by atomic mass is 32.1. The summed E-state index contributed by atoms with van der Waals surface area (Å²) >= 11 is 1.51. The van der Waals surface area contributed by atoms with E-state index in [1.54, 1.807) is 14.0 Å². The van der Waals surface area contributed by atoms with Crippen LogP contribution < -0.4 is 16.0 Å². The van der Waals surface area contributed by atoms with Gasteiger partial charge in [0.15, 0.2) is 0 Å². The van der Waals surface area contributed by atoms with Crippen molar-refractivity contribution in [2.24, 2.45) is 0 Å². The Hall–Kier alpha value is -1.82. The summed E-state index contributed by atoms with van der Waals surface area (Å²) in [7, 11) is 1.57. The average Bonchev–Trinajstić information content (AvgIpc) is 2.80. The van der Waals surface area contributed by atoms with Crippen molar-refractivity contribution in [1.29, 1.82) is 0 Å². The van der Waals surface area contributed by atoms with Gasteiger partial charge in [-0.2, -0.15) is 0 Å². The molecule has 0 aromatic carbocycles. The lowest BCUT2D eigenvalue weighted by Crippen LogP contribution is -2.46. The molecule has 0 aliphatic carbocycles. The smallest absolute Gasteiger partial charge is 0.319 e. The summed E-state index contributed by atoms with van der Waals surface area (Å²) < 4.78 is 0. The minimum atomic E-state index is -0.372. The van der Waals surface area contributed by atoms with Gasteiger partial charge in [0.2, 0.25) is 0 Å². The van der Waals surface area contributed by atoms with Crippen LogP contribution in [0, 0.1) is 0 Å². The molecule has 90 valence electrons. The van der Waals surface area contributed by atoms with Crippen molar-refractivity contribution < 1.29 is 9.59 Å². The lowest BCUT2D eigenvalue weighted by Gasteiger charge is -2.27. The Bertz CT molecular complexity index is 479. The van der Waals surface area contributed by atoms with E-state index in [-0.39, 0.29) is 18.0 Å². The fourth-order valence-corrected chi connectivity index (χ4v) is 2.58. The van der Waals surface area contributed by atoms with Crippen LogP contribution in [0.2, 0.25) is 0 Å². The number of urea groups is 1. The van der Waals surface area contributed by atoms with Gasteiger partial charge in [-0.3, -0.25) is 4.79 Å². The average molecular weight is 251 g/mol. The number of rotatable bonds is 2. The van der Waals surface area contributed by atoms with Crippen LogP contribution in [0.5, 0.6) is 0 Å². The van der Waals surface area contributed by atoms with E-state index < -0.39 is 0 Å². The van der Waals surface area contributed by atoms with Crippen molar-refractivity contribution in [3.8, 4) is 0 Å². The lowest BCUT2D eigenvalue weighted by molar-refractivity contribution is -0.117. The van der Waals surface area contributed by atoms with Gasteiger partial charge < -0.3 is 16.0 Å². The summed E-state index contributed by atoms with van der Waals surface area (Å²) in [6.07, 6.45) is 0. The second kappa shape index (κ2) is 4.58. The number of nitrogens with one attached hydrogen (secondary N) is 3. The number of hydrogen-bond donors (Lipinski definition) is 3. The molecular formula is C11H13N3O2S. The minimum absolute atomic E-state index is 0.187. The molecule has 3 amide bonds. The maximum Gasteiger partial charge on any atom is 0.319 e. The third-order valence-corrected chi connectivity index (χ3v) is 3.51. The zero-order valence-corrected chi connectivity index (χ0v) is 10.4. The standard InChI is InChI=1S/C11H13N3O2S/c1-6-8(10(15)12-2)9(14-11(16)13-6)7-4-3-5-17-7/h3-5,9H,1-2H3,(H,12,15)(H2,13,14,16)/t9-/m0/s1. The Balaban J connectivity index is 2.44. The van der Waals surface area contributed by atoms with Gasteiger partial charge in [0.1, 0.15) is 0 Å². The second-order valence-corrected chi connectivity index (χ2v) is 4.64. The Labute approximate surface area is 103 Å². The van der Waals surface area contributed by atoms with Crippen LogP contribution in [0.25, 0.3) is 0 Å². The van der Waals surface area contributed by atoms with E-state index in [1.807, 2.05) is 17.5 Å². The summed E-state index contributed by atoms with van der Waals surface area (Å²) in [5, 5.41) is 9.87. The van der Waals surface area contributed by atoms with Crippen LogP contribution in [0.4, 0.5) is 4.79 Å². The monoisotopic (exact) mass is 251 g/mol. The van der Waals surface area contributed by atoms with Crippen LogP contribution in [-0.4, -0.2) is 19.0 Å². The van der Waals surface area contributed by atoms with Crippen LogP contribution >= 0.6 is 11.3 Å². The van der Waals surface area contributed by atoms with Gasteiger partial charge in [-0.05, 0) is 18.4 Å². The third-order valence-electron chi connectivity index (χ3n) is 2.57. The molecule has 3 N–H and O–H groups in total. The van der Waals surface area contributed by atoms with Crippen molar-refractivity contribution in [1.82, 2.24) is 16.0 Å². The Morgan fingerprint density at radius 3 is 2.88 bits per heavy atom. The Morgan fingerprint density at radius 1 is 1.53 bits per heavy atom. The van der Waals surface area contributed by atoms with Crippen LogP contribution in [-0.2, 0) is 4.79 Å². The molecule has 0 bridgehead atoms. The summed E-state index contributed by atoms with van der Waals surface area (Å²) in [6, 6.07) is 3.14. The van der Waals surface area contributed by atoms with Crippen molar-refractivity contribution in [2.75, 3.05) is 7.05 Å². The number of thiophene rings is 1. The van der Waals surface area contributed by atoms with Gasteiger partial charge in [0, 0.05) is 17.6 Å². The number of allylic oxidation sites excluding steroid dienone is 1. The van der Waals surface area contributed by atoms with Gasteiger partial charge in [-0.15, -0.1) is 11.3 Å². The molecule has 17 heavy (non-hydrogen) atoms. The Kier molecular flexibility index (Phi) is 3.14. The van der Waals surface area contributed by atoms with Gasteiger partial charge in [0.05, 0.1) is 11.6 Å². The Morgan fingerprint density at radius 2 is 2.29 bits per heavy atom. The molecule has 0 saturated heterocycles. The molecule has 1 aromatic rings. The van der Waals surface area contributed by atoms with E-state index in [0.717, 1.165) is 4.88 Å². The molecule has 0 spiro atoms. The first-order chi connectivity index (χ1) is 8.13. The molecule has 0 radical (unpaired) electrons. The molecule has 1 atom stereocenters. The summed E-state index contributed by atoms with van der Waals surface area (Å²) in [5.41, 5.74) is 1.14. The summed E-state index contributed by atoms with van der Waals surface area (Å²) in [6.45, 7) is 1.73. The fraction of sp³-hybridized carbons (Fsp3) is 0.273. The first kappa shape index (κ1) is 11.7. The topological polar surface area (TPSA) is 70.2 Å². The number of amides is 3. The molecule has 2 heterocycles. The fourth-order valence-electron chi connectivity index (χ4n) is 1.80. The highest BCUT2D eigenvalue weighted by molar-refractivity contribution is 7.10. The highest BCUT2D eigenvalue weighted by Crippen LogP contribution is 2.29. The number of carbonyl (C=O) groups excluding carboxylic acids is 2. The van der Waals surface area contributed by atoms with Crippen molar-refractivity contribution in [3.63, 3.8) is 0 Å². The van der Waals surface area contributed by atoms with Gasteiger partial charge in [-0.1, -0.05) is 6.07 Å². The maximum atomic E-state index is 11.8. The normalized spacial score (nSPS) is 19.6. The first-order valence-electron chi connectivity index (χ1n) is 5.17. The number of carbonyl (C=O) groups is 2. The zero-order valence-electron chi connectivity index (χ0n) is 9.53. The van der Waals surface area contributed by atoms with Crippen molar-refractivity contribution in [3.05, 3.63) is 33.7 Å². The zero-order chi connectivity index (χ0) is 12.4. The molecular weight excluding hydrogens is 238 g/mol. The predicted molar refractivity (Wildman–Crippen MR) is 65.5 cm³/mol. The van der Waals surface area contributed by atoms with Gasteiger partial charge >= 0.3 is 6.03 Å². The largest absolute Gasteiger partial charge is 0.355 e. The quantitative estimate of drug-likeness (QED) is 0.737. The number of likely N-dealkylation sites (N-methyl/N-ethyl adjacent to an activating group) is 1. The van der Waals surface area contributed by atoms with E-state index in [9.17, 15) is 9.59 Å². The molecule has 0 saturated carbocycles. The molecule has 5 nitrogen and oxygen atoms in total. The van der Waals surface area contributed by atoms with E-state index in [4.69, 9.17) is 0 Å². The molecule has 0 fully saturated rings. The molecule has 1 aliphatic heterocycles. The molecule has 6 heteroatoms. The minimum Gasteiger partial charge on any atom is -0.355 e. The first-order valence-corrected chi connectivity index (χ1v) is 6.05. The van der Waals surface area contributed by atoms with Crippen molar-refractivity contribution >= 4 is 23.3 Å². The van der Waals surface area contributed by atoms with E-state index >= 15 is 0 Å². The van der Waals surface area contributed by atoms with Crippen molar-refractivity contribution in [2.45, 2.75) is 13.0 Å². The molecule has 1 aliphatic rings. The number of hydrogen-bond acceptors (Lipinski definition) is 3. The van der Waals surface area contributed by atoms with Crippen LogP contribution in [0.3, 0.4) is 0 Å². The predicted octanol–water partition coefficient (Wildman–Crippen LogP) is 1.12. The van der Waals surface area contributed by atoms with E-state index in [2.05, 4.69) is 16.0 Å². The second-order valence-electron chi connectivity index (χ2n) is 3.66. The molecule has 2 rings (SSSR count). The molecule has 1 aromatic heterocycles. The third kappa shape index (κ3) is 2.16. The van der Waals surface area contributed by atoms with Gasteiger partial charge in [0.25, 0.3) is 5.91 Å². The van der Waals surface area contributed by atoms with E-state index in [0.29, 0.717) is 11.3 Å².